The van der Waals surface area contributed by atoms with Crippen molar-refractivity contribution in [3.63, 3.8) is 0 Å². The topological polar surface area (TPSA) is 65.2 Å². The Hall–Kier alpha value is -1.10. The lowest BCUT2D eigenvalue weighted by molar-refractivity contribution is -0.116. The Bertz CT molecular complexity index is 329. The summed E-state index contributed by atoms with van der Waals surface area (Å²) >= 11 is 3.17. The van der Waals surface area contributed by atoms with E-state index in [2.05, 4.69) is 20.9 Å². The Labute approximate surface area is 98.0 Å². The first-order chi connectivity index (χ1) is 7.01. The van der Waals surface area contributed by atoms with Crippen LogP contribution in [0.1, 0.15) is 20.3 Å². The van der Waals surface area contributed by atoms with E-state index < -0.39 is 0 Å². The van der Waals surface area contributed by atoms with E-state index in [1.54, 1.807) is 26.2 Å². The Morgan fingerprint density at radius 1 is 1.60 bits per heavy atom. The molecule has 0 spiro atoms. The van der Waals surface area contributed by atoms with Crippen LogP contribution in [0, 0.1) is 0 Å². The van der Waals surface area contributed by atoms with E-state index in [0.717, 1.165) is 0 Å². The number of ether oxygens (including phenoxy) is 1. The van der Waals surface area contributed by atoms with Crippen LogP contribution in [-0.2, 0) is 4.79 Å². The molecule has 4 nitrogen and oxygen atoms in total. The highest BCUT2D eigenvalue weighted by Gasteiger charge is 1.97. The number of anilines is 1. The molecular formula is C10H15BrN2O2. The molecule has 0 atom stereocenters. The molecule has 0 aliphatic heterocycles. The van der Waals surface area contributed by atoms with E-state index >= 15 is 0 Å². The fourth-order valence-electron chi connectivity index (χ4n) is 0.542. The number of carbonyl (C=O) groups is 1. The molecule has 15 heavy (non-hydrogen) atoms. The van der Waals surface area contributed by atoms with E-state index in [4.69, 9.17) is 10.5 Å². The summed E-state index contributed by atoms with van der Waals surface area (Å²) in [5.74, 6) is 0.811. The van der Waals surface area contributed by atoms with Crippen molar-refractivity contribution in [3.8, 4) is 5.88 Å². The van der Waals surface area contributed by atoms with Gasteiger partial charge in [-0.25, -0.2) is 4.98 Å². The van der Waals surface area contributed by atoms with Crippen LogP contribution in [0.15, 0.2) is 16.7 Å². The molecule has 0 saturated carbocycles. The zero-order valence-electron chi connectivity index (χ0n) is 9.08. The minimum Gasteiger partial charge on any atom is -0.481 e. The van der Waals surface area contributed by atoms with Crippen molar-refractivity contribution in [1.29, 1.82) is 0 Å². The lowest BCUT2D eigenvalue weighted by Crippen LogP contribution is -1.92. The highest BCUT2D eigenvalue weighted by atomic mass is 79.9. The quantitative estimate of drug-likeness (QED) is 0.842. The molecule has 1 aromatic rings. The molecule has 2 N–H and O–H groups in total. The van der Waals surface area contributed by atoms with E-state index in [1.807, 2.05) is 6.92 Å². The molecule has 1 rings (SSSR count). The van der Waals surface area contributed by atoms with Crippen LogP contribution in [0.4, 0.5) is 5.69 Å². The van der Waals surface area contributed by atoms with Crippen LogP contribution in [0.5, 0.6) is 5.88 Å². The standard InChI is InChI=1S/C6H7BrN2O.C4H8O/c1-10-5-3-2-4(8)6(7)9-5;1-3-4(2)5/h2-3H,8H2,1H3;3H2,1-2H3. The molecule has 1 aromatic heterocycles. The molecule has 0 unspecified atom stereocenters. The fraction of sp³-hybridized carbons (Fsp3) is 0.400. The van der Waals surface area contributed by atoms with Gasteiger partial charge in [0.25, 0.3) is 0 Å². The predicted octanol–water partition coefficient (Wildman–Crippen LogP) is 2.42. The number of carbonyl (C=O) groups excluding carboxylic acids is 1. The highest BCUT2D eigenvalue weighted by Crippen LogP contribution is 2.19. The first-order valence-electron chi connectivity index (χ1n) is 4.46. The molecular weight excluding hydrogens is 260 g/mol. The number of aromatic nitrogens is 1. The first kappa shape index (κ1) is 13.9. The van der Waals surface area contributed by atoms with Crippen molar-refractivity contribution in [1.82, 2.24) is 4.98 Å². The number of hydrogen-bond donors (Lipinski definition) is 1. The second-order valence-corrected chi connectivity index (χ2v) is 3.54. The van der Waals surface area contributed by atoms with Gasteiger partial charge in [0, 0.05) is 12.5 Å². The van der Waals surface area contributed by atoms with Gasteiger partial charge >= 0.3 is 0 Å². The number of nitrogen functional groups attached to an aromatic ring is 1. The summed E-state index contributed by atoms with van der Waals surface area (Å²) in [7, 11) is 1.56. The van der Waals surface area contributed by atoms with Gasteiger partial charge in [0.1, 0.15) is 10.4 Å². The molecule has 0 aromatic carbocycles. The molecule has 84 valence electrons. The summed E-state index contributed by atoms with van der Waals surface area (Å²) in [5, 5.41) is 0. The number of pyridine rings is 1. The SMILES string of the molecule is CCC(C)=O.COc1ccc(N)c(Br)n1. The zero-order valence-corrected chi connectivity index (χ0v) is 10.7. The molecule has 0 saturated heterocycles. The highest BCUT2D eigenvalue weighted by molar-refractivity contribution is 9.10. The van der Waals surface area contributed by atoms with Gasteiger partial charge in [-0.05, 0) is 28.9 Å². The second-order valence-electron chi connectivity index (χ2n) is 2.79. The van der Waals surface area contributed by atoms with E-state index in [1.165, 1.54) is 0 Å². The van der Waals surface area contributed by atoms with Gasteiger partial charge in [-0.3, -0.25) is 0 Å². The van der Waals surface area contributed by atoms with Crippen molar-refractivity contribution in [2.24, 2.45) is 0 Å². The van der Waals surface area contributed by atoms with Crippen molar-refractivity contribution in [2.45, 2.75) is 20.3 Å². The number of Topliss-reactive ketones (excluding diaryl/α,β-unsaturated/α-hetero) is 1. The number of nitrogens with two attached hydrogens (primary N) is 1. The largest absolute Gasteiger partial charge is 0.481 e. The van der Waals surface area contributed by atoms with Gasteiger partial charge < -0.3 is 15.3 Å². The van der Waals surface area contributed by atoms with Crippen LogP contribution in [0.25, 0.3) is 0 Å². The maximum atomic E-state index is 9.81. The number of nitrogens with zero attached hydrogens (tertiary/aromatic N) is 1. The molecule has 0 aliphatic rings. The van der Waals surface area contributed by atoms with Crippen molar-refractivity contribution in [2.75, 3.05) is 12.8 Å². The molecule has 5 heteroatoms. The Balaban J connectivity index is 0.000000336. The lowest BCUT2D eigenvalue weighted by atomic mass is 10.4. The third kappa shape index (κ3) is 6.06. The van der Waals surface area contributed by atoms with Crippen molar-refractivity contribution < 1.29 is 9.53 Å². The average Bonchev–Trinajstić information content (AvgIpc) is 2.23. The summed E-state index contributed by atoms with van der Waals surface area (Å²) in [6, 6.07) is 3.44. The van der Waals surface area contributed by atoms with E-state index in [9.17, 15) is 4.79 Å². The normalized spacial score (nSPS) is 8.80. The van der Waals surface area contributed by atoms with Gasteiger partial charge in [-0.15, -0.1) is 0 Å². The molecule has 1 heterocycles. The van der Waals surface area contributed by atoms with E-state index in [0.29, 0.717) is 22.6 Å². The number of halogens is 1. The van der Waals surface area contributed by atoms with Crippen LogP contribution in [0.3, 0.4) is 0 Å². The van der Waals surface area contributed by atoms with Gasteiger partial charge in [0.15, 0.2) is 0 Å². The van der Waals surface area contributed by atoms with Crippen LogP contribution in [0.2, 0.25) is 0 Å². The van der Waals surface area contributed by atoms with E-state index in [-0.39, 0.29) is 5.78 Å². The zero-order chi connectivity index (χ0) is 11.8. The average molecular weight is 275 g/mol. The third-order valence-corrected chi connectivity index (χ3v) is 2.19. The predicted molar refractivity (Wildman–Crippen MR) is 63.9 cm³/mol. The van der Waals surface area contributed by atoms with Crippen LogP contribution >= 0.6 is 15.9 Å². The third-order valence-electron chi connectivity index (χ3n) is 1.56. The van der Waals surface area contributed by atoms with Gasteiger partial charge in [-0.2, -0.15) is 0 Å². The second kappa shape index (κ2) is 7.23. The minimum absolute atomic E-state index is 0.255. The number of rotatable bonds is 2. The monoisotopic (exact) mass is 274 g/mol. The fourth-order valence-corrected chi connectivity index (χ4v) is 0.849. The minimum atomic E-state index is 0.255. The van der Waals surface area contributed by atoms with Crippen LogP contribution in [-0.4, -0.2) is 17.9 Å². The smallest absolute Gasteiger partial charge is 0.214 e. The maximum absolute atomic E-state index is 9.81. The van der Waals surface area contributed by atoms with Gasteiger partial charge in [0.05, 0.1) is 12.8 Å². The summed E-state index contributed by atoms with van der Waals surface area (Å²) in [6.45, 7) is 3.43. The molecule has 0 radical (unpaired) electrons. The molecule has 0 aliphatic carbocycles. The van der Waals surface area contributed by atoms with Crippen molar-refractivity contribution >= 4 is 27.4 Å². The molecule has 0 bridgehead atoms. The summed E-state index contributed by atoms with van der Waals surface area (Å²) in [4.78, 5) is 13.8. The van der Waals surface area contributed by atoms with Crippen molar-refractivity contribution in [3.05, 3.63) is 16.7 Å². The summed E-state index contributed by atoms with van der Waals surface area (Å²) in [6.07, 6.45) is 0.667. The Morgan fingerprint density at radius 3 is 2.47 bits per heavy atom. The maximum Gasteiger partial charge on any atom is 0.214 e. The molecule has 0 fully saturated rings. The number of methoxy groups -OCH3 is 1. The van der Waals surface area contributed by atoms with Gasteiger partial charge in [0.2, 0.25) is 5.88 Å². The number of hydrogen-bond acceptors (Lipinski definition) is 4. The van der Waals surface area contributed by atoms with Crippen LogP contribution < -0.4 is 10.5 Å². The number of ketones is 1. The van der Waals surface area contributed by atoms with Gasteiger partial charge in [-0.1, -0.05) is 6.92 Å². The summed E-state index contributed by atoms with van der Waals surface area (Å²) < 4.78 is 5.47. The molecule has 0 amide bonds. The Kier molecular flexibility index (Phi) is 6.70. The lowest BCUT2D eigenvalue weighted by Gasteiger charge is -1.99. The first-order valence-corrected chi connectivity index (χ1v) is 5.26. The Morgan fingerprint density at radius 2 is 2.13 bits per heavy atom. The summed E-state index contributed by atoms with van der Waals surface area (Å²) in [5.41, 5.74) is 6.09.